The van der Waals surface area contributed by atoms with Crippen LogP contribution in [0.15, 0.2) is 6.33 Å². The van der Waals surface area contributed by atoms with Crippen molar-refractivity contribution >= 4 is 17.4 Å². The first-order chi connectivity index (χ1) is 7.40. The van der Waals surface area contributed by atoms with Crippen molar-refractivity contribution in [2.75, 3.05) is 25.6 Å². The minimum Gasteiger partial charge on any atom is -0.396 e. The van der Waals surface area contributed by atoms with Crippen molar-refractivity contribution in [1.29, 1.82) is 0 Å². The molecule has 1 heterocycles. The summed E-state index contributed by atoms with van der Waals surface area (Å²) in [5.74, 6) is -3.19. The lowest BCUT2D eigenvalue weighted by Crippen LogP contribution is -2.23. The molecule has 90 valence electrons. The number of anilines is 1. The van der Waals surface area contributed by atoms with Gasteiger partial charge in [0.25, 0.3) is 5.92 Å². The van der Waals surface area contributed by atoms with Crippen LogP contribution in [0.3, 0.4) is 0 Å². The summed E-state index contributed by atoms with van der Waals surface area (Å²) in [6.45, 7) is -0.634. The number of rotatable bonds is 4. The minimum absolute atomic E-state index is 0.0541. The van der Waals surface area contributed by atoms with Gasteiger partial charge in [-0.25, -0.2) is 18.7 Å². The molecular weight excluding hydrogens is 240 g/mol. The molecule has 1 aromatic rings. The Kier molecular flexibility index (Phi) is 3.98. The van der Waals surface area contributed by atoms with Crippen molar-refractivity contribution in [2.24, 2.45) is 0 Å². The molecular formula is C9H12ClF2N3O. The molecule has 0 aromatic carbocycles. The fraction of sp³-hybridized carbons (Fsp3) is 0.556. The van der Waals surface area contributed by atoms with E-state index < -0.39 is 24.5 Å². The Morgan fingerprint density at radius 3 is 2.56 bits per heavy atom. The van der Waals surface area contributed by atoms with E-state index in [9.17, 15) is 8.78 Å². The molecule has 0 aliphatic heterocycles. The maximum atomic E-state index is 13.7. The highest BCUT2D eigenvalue weighted by molar-refractivity contribution is 6.30. The SMILES string of the molecule is CN(C)c1ncnc(Cl)c1C(F)(F)CCO. The van der Waals surface area contributed by atoms with E-state index in [0.29, 0.717) is 0 Å². The molecule has 4 nitrogen and oxygen atoms in total. The van der Waals surface area contributed by atoms with Crippen LogP contribution < -0.4 is 4.90 Å². The van der Waals surface area contributed by atoms with Crippen molar-refractivity contribution in [1.82, 2.24) is 9.97 Å². The van der Waals surface area contributed by atoms with E-state index in [1.54, 1.807) is 14.1 Å². The lowest BCUT2D eigenvalue weighted by Gasteiger charge is -2.22. The van der Waals surface area contributed by atoms with Gasteiger partial charge in [0.15, 0.2) is 0 Å². The third-order valence-corrected chi connectivity index (χ3v) is 2.28. The molecule has 16 heavy (non-hydrogen) atoms. The predicted molar refractivity (Wildman–Crippen MR) is 57.0 cm³/mol. The zero-order valence-electron chi connectivity index (χ0n) is 8.91. The second-order valence-corrected chi connectivity index (χ2v) is 3.79. The standard InChI is InChI=1S/C9H12ClF2N3O/c1-15(2)8-6(7(10)13-5-14-8)9(11,12)3-4-16/h5,16H,3-4H2,1-2H3. The fourth-order valence-electron chi connectivity index (χ4n) is 1.27. The number of alkyl halides is 2. The van der Waals surface area contributed by atoms with Crippen molar-refractivity contribution in [3.05, 3.63) is 17.0 Å². The second-order valence-electron chi connectivity index (χ2n) is 3.44. The zero-order chi connectivity index (χ0) is 12.3. The molecule has 0 amide bonds. The number of halogens is 3. The van der Waals surface area contributed by atoms with Crippen molar-refractivity contribution in [2.45, 2.75) is 12.3 Å². The van der Waals surface area contributed by atoms with Crippen LogP contribution in [0.1, 0.15) is 12.0 Å². The van der Waals surface area contributed by atoms with E-state index in [2.05, 4.69) is 9.97 Å². The molecule has 0 bridgehead atoms. The van der Waals surface area contributed by atoms with Crippen molar-refractivity contribution in [3.8, 4) is 0 Å². The summed E-state index contributed by atoms with van der Waals surface area (Å²) in [6.07, 6.45) is 0.414. The van der Waals surface area contributed by atoms with Gasteiger partial charge in [0, 0.05) is 27.1 Å². The summed E-state index contributed by atoms with van der Waals surface area (Å²) in [6, 6.07) is 0. The lowest BCUT2D eigenvalue weighted by atomic mass is 10.1. The maximum Gasteiger partial charge on any atom is 0.281 e. The second kappa shape index (κ2) is 4.88. The monoisotopic (exact) mass is 251 g/mol. The summed E-state index contributed by atoms with van der Waals surface area (Å²) < 4.78 is 27.4. The highest BCUT2D eigenvalue weighted by atomic mass is 35.5. The van der Waals surface area contributed by atoms with Crippen LogP contribution in [-0.4, -0.2) is 35.8 Å². The van der Waals surface area contributed by atoms with Crippen LogP contribution in [0.25, 0.3) is 0 Å². The van der Waals surface area contributed by atoms with Gasteiger partial charge in [0.05, 0.1) is 0 Å². The lowest BCUT2D eigenvalue weighted by molar-refractivity contribution is -0.0268. The molecule has 0 unspecified atom stereocenters. The van der Waals surface area contributed by atoms with Crippen LogP contribution in [-0.2, 0) is 5.92 Å². The third kappa shape index (κ3) is 2.56. The largest absolute Gasteiger partial charge is 0.396 e. The van der Waals surface area contributed by atoms with Gasteiger partial charge in [-0.15, -0.1) is 0 Å². The number of aliphatic hydroxyl groups excluding tert-OH is 1. The molecule has 7 heteroatoms. The van der Waals surface area contributed by atoms with Crippen LogP contribution in [0.5, 0.6) is 0 Å². The van der Waals surface area contributed by atoms with Crippen LogP contribution in [0.2, 0.25) is 5.15 Å². The summed E-state index contributed by atoms with van der Waals surface area (Å²) in [5.41, 5.74) is -0.448. The normalized spacial score (nSPS) is 11.6. The first-order valence-electron chi connectivity index (χ1n) is 4.57. The molecule has 0 fully saturated rings. The quantitative estimate of drug-likeness (QED) is 0.827. The number of nitrogens with zero attached hydrogens (tertiary/aromatic N) is 3. The summed E-state index contributed by atoms with van der Waals surface area (Å²) in [5, 5.41) is 8.31. The average Bonchev–Trinajstić information content (AvgIpc) is 2.16. The van der Waals surface area contributed by atoms with Gasteiger partial charge >= 0.3 is 0 Å². The summed E-state index contributed by atoms with van der Waals surface area (Å²) in [7, 11) is 3.16. The van der Waals surface area contributed by atoms with E-state index in [-0.39, 0.29) is 11.0 Å². The van der Waals surface area contributed by atoms with Crippen molar-refractivity contribution in [3.63, 3.8) is 0 Å². The fourth-order valence-corrected chi connectivity index (χ4v) is 1.54. The topological polar surface area (TPSA) is 49.2 Å². The van der Waals surface area contributed by atoms with Gasteiger partial charge in [-0.2, -0.15) is 0 Å². The van der Waals surface area contributed by atoms with Gasteiger partial charge in [-0.05, 0) is 0 Å². The van der Waals surface area contributed by atoms with Crippen molar-refractivity contribution < 1.29 is 13.9 Å². The van der Waals surface area contributed by atoms with Crippen LogP contribution >= 0.6 is 11.6 Å². The molecule has 0 aliphatic carbocycles. The average molecular weight is 252 g/mol. The highest BCUT2D eigenvalue weighted by Gasteiger charge is 2.37. The minimum atomic E-state index is -3.24. The van der Waals surface area contributed by atoms with E-state index >= 15 is 0 Å². The third-order valence-electron chi connectivity index (χ3n) is 2.00. The van der Waals surface area contributed by atoms with Gasteiger partial charge in [0.2, 0.25) is 0 Å². The molecule has 1 rings (SSSR count). The van der Waals surface area contributed by atoms with Gasteiger partial charge in [0.1, 0.15) is 22.9 Å². The van der Waals surface area contributed by atoms with Crippen LogP contribution in [0, 0.1) is 0 Å². The molecule has 0 atom stereocenters. The Bertz CT molecular complexity index is 374. The Hall–Kier alpha value is -1.01. The summed E-state index contributed by atoms with van der Waals surface area (Å²) in [4.78, 5) is 8.72. The Balaban J connectivity index is 3.29. The Morgan fingerprint density at radius 1 is 1.44 bits per heavy atom. The molecule has 0 saturated heterocycles. The zero-order valence-corrected chi connectivity index (χ0v) is 9.67. The van der Waals surface area contributed by atoms with E-state index in [1.807, 2.05) is 0 Å². The predicted octanol–water partition coefficient (Wildman–Crippen LogP) is 1.67. The molecule has 1 N–H and O–H groups in total. The first kappa shape index (κ1) is 13.1. The van der Waals surface area contributed by atoms with Gasteiger partial charge < -0.3 is 10.0 Å². The molecule has 1 aromatic heterocycles. The Labute approximate surface area is 96.9 Å². The number of hydrogen-bond acceptors (Lipinski definition) is 4. The molecule has 0 saturated carbocycles. The number of aliphatic hydroxyl groups is 1. The van der Waals surface area contributed by atoms with E-state index in [0.717, 1.165) is 6.33 Å². The van der Waals surface area contributed by atoms with Crippen LogP contribution in [0.4, 0.5) is 14.6 Å². The summed E-state index contributed by atoms with van der Waals surface area (Å²) >= 11 is 5.65. The van der Waals surface area contributed by atoms with E-state index in [1.165, 1.54) is 4.90 Å². The van der Waals surface area contributed by atoms with Gasteiger partial charge in [-0.1, -0.05) is 11.6 Å². The maximum absolute atomic E-state index is 13.7. The first-order valence-corrected chi connectivity index (χ1v) is 4.95. The van der Waals surface area contributed by atoms with Gasteiger partial charge in [-0.3, -0.25) is 0 Å². The molecule has 0 spiro atoms. The van der Waals surface area contributed by atoms with E-state index in [4.69, 9.17) is 16.7 Å². The highest BCUT2D eigenvalue weighted by Crippen LogP contribution is 2.39. The molecule has 0 aliphatic rings. The smallest absolute Gasteiger partial charge is 0.281 e. The number of hydrogen-bond donors (Lipinski definition) is 1. The number of aromatic nitrogens is 2. The molecule has 0 radical (unpaired) electrons. The Morgan fingerprint density at radius 2 is 2.06 bits per heavy atom.